The molecular formula is C22H28ClN5O. The van der Waals surface area contributed by atoms with Gasteiger partial charge in [-0.1, -0.05) is 23.7 Å². The Morgan fingerprint density at radius 1 is 1.07 bits per heavy atom. The number of piperidine rings is 2. The Hall–Kier alpha value is -2.18. The van der Waals surface area contributed by atoms with Gasteiger partial charge >= 0.3 is 0 Å². The van der Waals surface area contributed by atoms with Crippen LogP contribution in [0.1, 0.15) is 31.2 Å². The molecule has 154 valence electrons. The van der Waals surface area contributed by atoms with Crippen molar-refractivity contribution in [3.63, 3.8) is 0 Å². The number of anilines is 1. The lowest BCUT2D eigenvalue weighted by Gasteiger charge is -2.35. The number of benzene rings is 1. The van der Waals surface area contributed by atoms with Gasteiger partial charge in [-0.05, 0) is 49.4 Å². The molecule has 4 rings (SSSR count). The number of halogens is 1. The van der Waals surface area contributed by atoms with Crippen molar-refractivity contribution in [2.24, 2.45) is 5.92 Å². The molecule has 2 aliphatic heterocycles. The van der Waals surface area contributed by atoms with Crippen molar-refractivity contribution in [2.75, 3.05) is 31.1 Å². The highest BCUT2D eigenvalue weighted by Gasteiger charge is 2.29. The van der Waals surface area contributed by atoms with Crippen LogP contribution in [0.2, 0.25) is 5.02 Å². The van der Waals surface area contributed by atoms with Gasteiger partial charge in [-0.15, -0.1) is 0 Å². The molecule has 7 heteroatoms. The maximum atomic E-state index is 12.8. The number of rotatable bonds is 5. The number of nitrogens with zero attached hydrogens (tertiary/aromatic N) is 4. The SMILES string of the molecule is O=C(NC1CCN(Cc2ccc(Cl)cc2)CC1)C1CCCN(c2ncccn2)C1. The van der Waals surface area contributed by atoms with Crippen molar-refractivity contribution in [1.29, 1.82) is 0 Å². The molecule has 2 fully saturated rings. The molecule has 1 aromatic heterocycles. The Bertz CT molecular complexity index is 793. The average molecular weight is 414 g/mol. The van der Waals surface area contributed by atoms with Gasteiger partial charge in [-0.2, -0.15) is 0 Å². The number of hydrogen-bond donors (Lipinski definition) is 1. The molecule has 6 nitrogen and oxygen atoms in total. The Balaban J connectivity index is 1.23. The van der Waals surface area contributed by atoms with Gasteiger partial charge in [0.05, 0.1) is 5.92 Å². The van der Waals surface area contributed by atoms with Crippen LogP contribution < -0.4 is 10.2 Å². The van der Waals surface area contributed by atoms with Crippen molar-refractivity contribution in [2.45, 2.75) is 38.3 Å². The summed E-state index contributed by atoms with van der Waals surface area (Å²) in [7, 11) is 0. The molecule has 3 heterocycles. The molecule has 0 saturated carbocycles. The molecule has 0 radical (unpaired) electrons. The monoisotopic (exact) mass is 413 g/mol. The zero-order chi connectivity index (χ0) is 20.1. The fourth-order valence-corrected chi connectivity index (χ4v) is 4.36. The van der Waals surface area contributed by atoms with Crippen LogP contribution in [0.3, 0.4) is 0 Å². The predicted molar refractivity (Wildman–Crippen MR) is 115 cm³/mol. The number of amides is 1. The third-order valence-electron chi connectivity index (χ3n) is 5.88. The summed E-state index contributed by atoms with van der Waals surface area (Å²) < 4.78 is 0. The van der Waals surface area contributed by atoms with E-state index in [1.54, 1.807) is 12.4 Å². The van der Waals surface area contributed by atoms with E-state index in [4.69, 9.17) is 11.6 Å². The molecule has 1 unspecified atom stereocenters. The zero-order valence-corrected chi connectivity index (χ0v) is 17.4. The van der Waals surface area contributed by atoms with Gasteiger partial charge in [0.1, 0.15) is 0 Å². The molecular weight excluding hydrogens is 386 g/mol. The smallest absolute Gasteiger partial charge is 0.225 e. The minimum Gasteiger partial charge on any atom is -0.353 e. The number of carbonyl (C=O) groups is 1. The number of carbonyl (C=O) groups excluding carboxylic acids is 1. The highest BCUT2D eigenvalue weighted by molar-refractivity contribution is 6.30. The van der Waals surface area contributed by atoms with Gasteiger partial charge in [0.2, 0.25) is 11.9 Å². The van der Waals surface area contributed by atoms with Gasteiger partial charge in [0, 0.05) is 56.2 Å². The molecule has 0 spiro atoms. The van der Waals surface area contributed by atoms with Crippen molar-refractivity contribution in [3.8, 4) is 0 Å². The lowest BCUT2D eigenvalue weighted by molar-refractivity contribution is -0.126. The highest BCUT2D eigenvalue weighted by atomic mass is 35.5. The van der Waals surface area contributed by atoms with Crippen LogP contribution in [-0.4, -0.2) is 53.0 Å². The first kappa shape index (κ1) is 20.1. The molecule has 1 aromatic carbocycles. The van der Waals surface area contributed by atoms with Crippen molar-refractivity contribution in [3.05, 3.63) is 53.3 Å². The molecule has 1 N–H and O–H groups in total. The lowest BCUT2D eigenvalue weighted by atomic mass is 9.96. The quantitative estimate of drug-likeness (QED) is 0.815. The van der Waals surface area contributed by atoms with E-state index in [2.05, 4.69) is 37.2 Å². The van der Waals surface area contributed by atoms with E-state index < -0.39 is 0 Å². The minimum absolute atomic E-state index is 0.0136. The van der Waals surface area contributed by atoms with Crippen LogP contribution in [0.5, 0.6) is 0 Å². The van der Waals surface area contributed by atoms with E-state index >= 15 is 0 Å². The summed E-state index contributed by atoms with van der Waals surface area (Å²) >= 11 is 5.97. The summed E-state index contributed by atoms with van der Waals surface area (Å²) in [6.45, 7) is 4.55. The first-order valence-corrected chi connectivity index (χ1v) is 10.8. The molecule has 0 bridgehead atoms. The number of nitrogens with one attached hydrogen (secondary N) is 1. The summed E-state index contributed by atoms with van der Waals surface area (Å²) in [6, 6.07) is 10.1. The molecule has 29 heavy (non-hydrogen) atoms. The van der Waals surface area contributed by atoms with Crippen LogP contribution in [0.25, 0.3) is 0 Å². The fourth-order valence-electron chi connectivity index (χ4n) is 4.23. The van der Waals surface area contributed by atoms with Gasteiger partial charge in [-0.25, -0.2) is 9.97 Å². The maximum absolute atomic E-state index is 12.8. The van der Waals surface area contributed by atoms with Gasteiger partial charge < -0.3 is 10.2 Å². The first-order valence-electron chi connectivity index (χ1n) is 10.5. The Labute approximate surface area is 177 Å². The summed E-state index contributed by atoms with van der Waals surface area (Å²) in [5.74, 6) is 0.918. The van der Waals surface area contributed by atoms with E-state index in [0.29, 0.717) is 6.54 Å². The predicted octanol–water partition coefficient (Wildman–Crippen LogP) is 3.13. The van der Waals surface area contributed by atoms with Crippen molar-refractivity contribution in [1.82, 2.24) is 20.2 Å². The summed E-state index contributed by atoms with van der Waals surface area (Å²) in [4.78, 5) is 26.1. The fraction of sp³-hybridized carbons (Fsp3) is 0.500. The average Bonchev–Trinajstić information content (AvgIpc) is 2.77. The van der Waals surface area contributed by atoms with Crippen LogP contribution in [0, 0.1) is 5.92 Å². The number of likely N-dealkylation sites (tertiary alicyclic amines) is 1. The lowest BCUT2D eigenvalue weighted by Crippen LogP contribution is -2.49. The first-order chi connectivity index (χ1) is 14.2. The summed E-state index contributed by atoms with van der Waals surface area (Å²) in [5, 5.41) is 4.08. The Morgan fingerprint density at radius 3 is 2.52 bits per heavy atom. The molecule has 2 aromatic rings. The number of hydrogen-bond acceptors (Lipinski definition) is 5. The molecule has 2 saturated heterocycles. The van der Waals surface area contributed by atoms with Crippen LogP contribution in [0.4, 0.5) is 5.95 Å². The Kier molecular flexibility index (Phi) is 6.62. The van der Waals surface area contributed by atoms with E-state index in [-0.39, 0.29) is 17.9 Å². The van der Waals surface area contributed by atoms with Gasteiger partial charge in [-0.3, -0.25) is 9.69 Å². The van der Waals surface area contributed by atoms with Crippen LogP contribution >= 0.6 is 11.6 Å². The standard InChI is InChI=1S/C22H28ClN5O/c23-19-6-4-17(5-7-19)15-27-13-8-20(9-14-27)26-21(29)18-3-1-12-28(16-18)22-24-10-2-11-25-22/h2,4-7,10-11,18,20H,1,3,8-9,12-16H2,(H,26,29). The second-order valence-electron chi connectivity index (χ2n) is 8.02. The van der Waals surface area contributed by atoms with E-state index in [1.807, 2.05) is 18.2 Å². The minimum atomic E-state index is 0.0136. The normalized spacial score (nSPS) is 21.1. The second-order valence-corrected chi connectivity index (χ2v) is 8.46. The van der Waals surface area contributed by atoms with E-state index in [9.17, 15) is 4.79 Å². The molecule has 1 amide bonds. The highest BCUT2D eigenvalue weighted by Crippen LogP contribution is 2.21. The van der Waals surface area contributed by atoms with E-state index in [0.717, 1.165) is 62.8 Å². The van der Waals surface area contributed by atoms with Crippen molar-refractivity contribution < 1.29 is 4.79 Å². The maximum Gasteiger partial charge on any atom is 0.225 e. The van der Waals surface area contributed by atoms with Gasteiger partial charge in [0.25, 0.3) is 0 Å². The van der Waals surface area contributed by atoms with Crippen LogP contribution in [-0.2, 0) is 11.3 Å². The molecule has 2 aliphatic rings. The third kappa shape index (κ3) is 5.46. The summed E-state index contributed by atoms with van der Waals surface area (Å²) in [5.41, 5.74) is 1.28. The third-order valence-corrected chi connectivity index (χ3v) is 6.13. The largest absolute Gasteiger partial charge is 0.353 e. The number of aromatic nitrogens is 2. The van der Waals surface area contributed by atoms with Crippen LogP contribution in [0.15, 0.2) is 42.7 Å². The molecule has 0 aliphatic carbocycles. The van der Waals surface area contributed by atoms with Gasteiger partial charge in [0.15, 0.2) is 0 Å². The second kappa shape index (κ2) is 9.55. The van der Waals surface area contributed by atoms with Crippen molar-refractivity contribution >= 4 is 23.5 Å². The topological polar surface area (TPSA) is 61.4 Å². The molecule has 1 atom stereocenters. The summed E-state index contributed by atoms with van der Waals surface area (Å²) in [6.07, 6.45) is 7.43. The van der Waals surface area contributed by atoms with E-state index in [1.165, 1.54) is 5.56 Å². The zero-order valence-electron chi connectivity index (χ0n) is 16.6. The Morgan fingerprint density at radius 2 is 1.79 bits per heavy atom.